The molecule has 1 N–H and O–H groups in total. The van der Waals surface area contributed by atoms with Gasteiger partial charge in [-0.05, 0) is 47.8 Å². The van der Waals surface area contributed by atoms with Crippen LogP contribution in [0.5, 0.6) is 0 Å². The van der Waals surface area contributed by atoms with Gasteiger partial charge in [0.05, 0.1) is 0 Å². The van der Waals surface area contributed by atoms with Crippen molar-refractivity contribution in [3.05, 3.63) is 0 Å². The van der Waals surface area contributed by atoms with E-state index in [4.69, 9.17) is 0 Å². The van der Waals surface area contributed by atoms with Crippen molar-refractivity contribution in [2.24, 2.45) is 0 Å². The summed E-state index contributed by atoms with van der Waals surface area (Å²) in [7, 11) is 3.18. The van der Waals surface area contributed by atoms with E-state index in [0.717, 1.165) is 6.42 Å². The van der Waals surface area contributed by atoms with Crippen LogP contribution in [0.3, 0.4) is 0 Å². The Labute approximate surface area is 100 Å². The van der Waals surface area contributed by atoms with E-state index in [9.17, 15) is 8.42 Å². The summed E-state index contributed by atoms with van der Waals surface area (Å²) < 4.78 is 22.1. The first-order valence-electron chi connectivity index (χ1n) is 5.63. The molecule has 0 aromatic rings. The lowest BCUT2D eigenvalue weighted by Crippen LogP contribution is -2.54. The standard InChI is InChI=1S/C11H26N2O2S/c1-11(2,13(4)5)10(12-3)8-7-9-16(6,14)15/h10,12H,7-9H2,1-6H3. The lowest BCUT2D eigenvalue weighted by atomic mass is 9.90. The number of hydrogen-bond acceptors (Lipinski definition) is 4. The molecular weight excluding hydrogens is 224 g/mol. The predicted octanol–water partition coefficient (Wildman–Crippen LogP) is 0.739. The highest BCUT2D eigenvalue weighted by Crippen LogP contribution is 2.19. The molecule has 0 rings (SSSR count). The van der Waals surface area contributed by atoms with Crippen LogP contribution in [-0.2, 0) is 9.84 Å². The van der Waals surface area contributed by atoms with Crippen LogP contribution in [0.4, 0.5) is 0 Å². The molecule has 0 fully saturated rings. The number of sulfone groups is 1. The van der Waals surface area contributed by atoms with Crippen LogP contribution < -0.4 is 5.32 Å². The molecule has 0 radical (unpaired) electrons. The second kappa shape index (κ2) is 5.98. The Bertz CT molecular complexity index is 297. The van der Waals surface area contributed by atoms with E-state index in [1.807, 2.05) is 21.1 Å². The van der Waals surface area contributed by atoms with Crippen LogP contribution in [0.1, 0.15) is 26.7 Å². The topological polar surface area (TPSA) is 49.4 Å². The molecule has 4 nitrogen and oxygen atoms in total. The van der Waals surface area contributed by atoms with Gasteiger partial charge >= 0.3 is 0 Å². The maximum Gasteiger partial charge on any atom is 0.147 e. The van der Waals surface area contributed by atoms with Gasteiger partial charge in [0, 0.05) is 23.6 Å². The number of hydrogen-bond donors (Lipinski definition) is 1. The molecule has 5 heteroatoms. The zero-order valence-corrected chi connectivity index (χ0v) is 12.2. The van der Waals surface area contributed by atoms with Gasteiger partial charge < -0.3 is 10.2 Å². The van der Waals surface area contributed by atoms with Crippen molar-refractivity contribution >= 4 is 9.84 Å². The molecule has 0 spiro atoms. The predicted molar refractivity (Wildman–Crippen MR) is 69.6 cm³/mol. The maximum absolute atomic E-state index is 11.1. The minimum absolute atomic E-state index is 0.0201. The van der Waals surface area contributed by atoms with Crippen molar-refractivity contribution in [3.8, 4) is 0 Å². The summed E-state index contributed by atoms with van der Waals surface area (Å²) in [5, 5.41) is 3.27. The fraction of sp³-hybridized carbons (Fsp3) is 1.00. The Balaban J connectivity index is 4.32. The fourth-order valence-electron chi connectivity index (χ4n) is 1.71. The number of rotatable bonds is 7. The summed E-state index contributed by atoms with van der Waals surface area (Å²) in [5.74, 6) is 0.273. The highest BCUT2D eigenvalue weighted by molar-refractivity contribution is 7.90. The van der Waals surface area contributed by atoms with Crippen LogP contribution in [-0.4, -0.2) is 58.1 Å². The van der Waals surface area contributed by atoms with Crippen LogP contribution in [0.15, 0.2) is 0 Å². The van der Waals surface area contributed by atoms with Gasteiger partial charge in [-0.15, -0.1) is 0 Å². The zero-order valence-electron chi connectivity index (χ0n) is 11.4. The Morgan fingerprint density at radius 1 is 1.31 bits per heavy atom. The van der Waals surface area contributed by atoms with Crippen molar-refractivity contribution in [1.82, 2.24) is 10.2 Å². The van der Waals surface area contributed by atoms with Crippen molar-refractivity contribution in [3.63, 3.8) is 0 Å². The van der Waals surface area contributed by atoms with Crippen molar-refractivity contribution in [2.45, 2.75) is 38.3 Å². The summed E-state index contributed by atoms with van der Waals surface area (Å²) in [4.78, 5) is 2.16. The number of nitrogens with one attached hydrogen (secondary N) is 1. The average Bonchev–Trinajstić information content (AvgIpc) is 2.10. The normalized spacial score (nSPS) is 15.4. The van der Waals surface area contributed by atoms with E-state index in [1.54, 1.807) is 0 Å². The Kier molecular flexibility index (Phi) is 5.93. The number of likely N-dealkylation sites (N-methyl/N-ethyl adjacent to an activating group) is 2. The minimum atomic E-state index is -2.84. The SMILES string of the molecule is CNC(CCCS(C)(=O)=O)C(C)(C)N(C)C. The first kappa shape index (κ1) is 15.9. The van der Waals surface area contributed by atoms with Crippen molar-refractivity contribution < 1.29 is 8.42 Å². The van der Waals surface area contributed by atoms with Crippen LogP contribution in [0.2, 0.25) is 0 Å². The molecule has 1 unspecified atom stereocenters. The third-order valence-electron chi connectivity index (χ3n) is 3.36. The van der Waals surface area contributed by atoms with Crippen molar-refractivity contribution in [2.75, 3.05) is 33.2 Å². The van der Waals surface area contributed by atoms with Gasteiger partial charge in [-0.1, -0.05) is 0 Å². The highest BCUT2D eigenvalue weighted by Gasteiger charge is 2.29. The van der Waals surface area contributed by atoms with Gasteiger partial charge in [0.25, 0.3) is 0 Å². The van der Waals surface area contributed by atoms with Gasteiger partial charge in [-0.2, -0.15) is 0 Å². The Morgan fingerprint density at radius 2 is 1.81 bits per heavy atom. The molecule has 0 amide bonds. The minimum Gasteiger partial charge on any atom is -0.315 e. The van der Waals surface area contributed by atoms with E-state index in [-0.39, 0.29) is 11.3 Å². The van der Waals surface area contributed by atoms with E-state index in [0.29, 0.717) is 12.5 Å². The van der Waals surface area contributed by atoms with Gasteiger partial charge in [0.2, 0.25) is 0 Å². The molecule has 0 aliphatic heterocycles. The summed E-state index contributed by atoms with van der Waals surface area (Å²) >= 11 is 0. The van der Waals surface area contributed by atoms with E-state index < -0.39 is 9.84 Å². The monoisotopic (exact) mass is 250 g/mol. The Morgan fingerprint density at radius 3 is 2.12 bits per heavy atom. The summed E-state index contributed by atoms with van der Waals surface area (Å²) in [6.45, 7) is 4.32. The van der Waals surface area contributed by atoms with Crippen molar-refractivity contribution in [1.29, 1.82) is 0 Å². The third kappa shape index (κ3) is 5.27. The van der Waals surface area contributed by atoms with Gasteiger partial charge in [-0.25, -0.2) is 8.42 Å². The molecule has 0 saturated carbocycles. The molecular formula is C11H26N2O2S. The average molecular weight is 250 g/mol. The zero-order chi connectivity index (χ0) is 13.0. The summed E-state index contributed by atoms with van der Waals surface area (Å²) in [6.07, 6.45) is 2.87. The molecule has 1 atom stereocenters. The first-order valence-corrected chi connectivity index (χ1v) is 7.69. The fourth-order valence-corrected chi connectivity index (χ4v) is 2.40. The van der Waals surface area contributed by atoms with E-state index in [1.165, 1.54) is 6.26 Å². The molecule has 0 aliphatic carbocycles. The molecule has 0 saturated heterocycles. The molecule has 16 heavy (non-hydrogen) atoms. The molecule has 0 aliphatic rings. The largest absolute Gasteiger partial charge is 0.315 e. The van der Waals surface area contributed by atoms with Gasteiger partial charge in [0.15, 0.2) is 0 Å². The molecule has 0 heterocycles. The number of nitrogens with zero attached hydrogens (tertiary/aromatic N) is 1. The van der Waals surface area contributed by atoms with Crippen LogP contribution in [0, 0.1) is 0 Å². The molecule has 0 bridgehead atoms. The smallest absolute Gasteiger partial charge is 0.147 e. The second-order valence-electron chi connectivity index (χ2n) is 5.16. The highest BCUT2D eigenvalue weighted by atomic mass is 32.2. The van der Waals surface area contributed by atoms with Gasteiger partial charge in [-0.3, -0.25) is 0 Å². The van der Waals surface area contributed by atoms with E-state index in [2.05, 4.69) is 24.1 Å². The lowest BCUT2D eigenvalue weighted by Gasteiger charge is -2.40. The lowest BCUT2D eigenvalue weighted by molar-refractivity contribution is 0.136. The third-order valence-corrected chi connectivity index (χ3v) is 4.39. The maximum atomic E-state index is 11.1. The van der Waals surface area contributed by atoms with Crippen LogP contribution >= 0.6 is 0 Å². The van der Waals surface area contributed by atoms with Gasteiger partial charge in [0.1, 0.15) is 9.84 Å². The Hall–Kier alpha value is -0.130. The molecule has 0 aromatic carbocycles. The van der Waals surface area contributed by atoms with E-state index >= 15 is 0 Å². The quantitative estimate of drug-likeness (QED) is 0.724. The molecule has 0 aromatic heterocycles. The summed E-state index contributed by atoms with van der Waals surface area (Å²) in [6, 6.07) is 0.296. The first-order chi connectivity index (χ1) is 7.11. The van der Waals surface area contributed by atoms with Crippen LogP contribution in [0.25, 0.3) is 0 Å². The molecule has 98 valence electrons. The second-order valence-corrected chi connectivity index (χ2v) is 7.42. The summed E-state index contributed by atoms with van der Waals surface area (Å²) in [5.41, 5.74) is 0.0201.